The Kier molecular flexibility index (Phi) is 2.86. The minimum atomic E-state index is -0.410. The number of aromatic nitrogens is 2. The molecule has 1 unspecified atom stereocenters. The van der Waals surface area contributed by atoms with Crippen molar-refractivity contribution < 1.29 is 5.11 Å². The summed E-state index contributed by atoms with van der Waals surface area (Å²) in [6, 6.07) is 0. The van der Waals surface area contributed by atoms with Gasteiger partial charge in [0.25, 0.3) is 0 Å². The van der Waals surface area contributed by atoms with Gasteiger partial charge < -0.3 is 5.11 Å². The molecule has 1 rings (SSSR count). The maximum absolute atomic E-state index is 9.43. The first-order chi connectivity index (χ1) is 5.34. The summed E-state index contributed by atoms with van der Waals surface area (Å²) in [5.41, 5.74) is 0.840. The molecular formula is C8H12N2O. The molecule has 0 radical (unpaired) electrons. The Morgan fingerprint density at radius 1 is 1.82 bits per heavy atom. The van der Waals surface area contributed by atoms with E-state index in [9.17, 15) is 5.11 Å². The molecule has 2 N–H and O–H groups in total. The fourth-order valence-corrected chi connectivity index (χ4v) is 0.885. The van der Waals surface area contributed by atoms with Gasteiger partial charge in [0.1, 0.15) is 0 Å². The van der Waals surface area contributed by atoms with Crippen LogP contribution in [0.1, 0.15) is 24.5 Å². The number of rotatable bonds is 4. The zero-order valence-corrected chi connectivity index (χ0v) is 6.33. The summed E-state index contributed by atoms with van der Waals surface area (Å²) in [6.07, 6.45) is 6.26. The van der Waals surface area contributed by atoms with Crippen LogP contribution in [0.25, 0.3) is 0 Å². The van der Waals surface area contributed by atoms with Crippen molar-refractivity contribution in [1.82, 2.24) is 10.2 Å². The summed E-state index contributed by atoms with van der Waals surface area (Å²) in [6.45, 7) is 3.58. The Hall–Kier alpha value is -1.09. The Balaban J connectivity index is 2.42. The molecule has 1 aromatic rings. The van der Waals surface area contributed by atoms with Crippen molar-refractivity contribution in [3.8, 4) is 0 Å². The van der Waals surface area contributed by atoms with Gasteiger partial charge in [0.15, 0.2) is 0 Å². The number of hydrogen-bond donors (Lipinski definition) is 2. The summed E-state index contributed by atoms with van der Waals surface area (Å²) in [4.78, 5) is 0. The fraction of sp³-hybridized carbons (Fsp3) is 0.375. The molecule has 0 saturated carbocycles. The lowest BCUT2D eigenvalue weighted by molar-refractivity contribution is 0.169. The number of aliphatic hydroxyl groups is 1. The van der Waals surface area contributed by atoms with E-state index in [1.54, 1.807) is 18.5 Å². The number of allylic oxidation sites excluding steroid dienone is 1. The smallest absolute Gasteiger partial charge is 0.0823 e. The normalized spacial score (nSPS) is 12.8. The van der Waals surface area contributed by atoms with Crippen molar-refractivity contribution >= 4 is 0 Å². The highest BCUT2D eigenvalue weighted by Crippen LogP contribution is 2.15. The highest BCUT2D eigenvalue weighted by atomic mass is 16.3. The third-order valence-electron chi connectivity index (χ3n) is 1.55. The molecule has 3 nitrogen and oxygen atoms in total. The van der Waals surface area contributed by atoms with Gasteiger partial charge in [-0.05, 0) is 12.8 Å². The van der Waals surface area contributed by atoms with Crippen molar-refractivity contribution in [3.05, 3.63) is 30.6 Å². The topological polar surface area (TPSA) is 48.9 Å². The Labute approximate surface area is 65.8 Å². The van der Waals surface area contributed by atoms with Crippen LogP contribution in [0.3, 0.4) is 0 Å². The quantitative estimate of drug-likeness (QED) is 0.641. The van der Waals surface area contributed by atoms with E-state index in [1.807, 2.05) is 0 Å². The zero-order valence-electron chi connectivity index (χ0n) is 6.33. The first-order valence-electron chi connectivity index (χ1n) is 3.62. The van der Waals surface area contributed by atoms with Crippen molar-refractivity contribution in [3.63, 3.8) is 0 Å². The number of H-pyrrole nitrogens is 1. The minimum absolute atomic E-state index is 0.410. The average molecular weight is 152 g/mol. The first-order valence-corrected chi connectivity index (χ1v) is 3.62. The highest BCUT2D eigenvalue weighted by Gasteiger charge is 2.05. The molecule has 0 saturated heterocycles. The number of aliphatic hydroxyl groups excluding tert-OH is 1. The molecule has 1 aromatic heterocycles. The van der Waals surface area contributed by atoms with E-state index in [-0.39, 0.29) is 0 Å². The predicted octanol–water partition coefficient (Wildman–Crippen LogP) is 1.41. The van der Waals surface area contributed by atoms with E-state index < -0.39 is 6.10 Å². The summed E-state index contributed by atoms with van der Waals surface area (Å²) in [5.74, 6) is 0. The lowest BCUT2D eigenvalue weighted by Crippen LogP contribution is -1.93. The molecule has 1 atom stereocenters. The molecule has 11 heavy (non-hydrogen) atoms. The van der Waals surface area contributed by atoms with Gasteiger partial charge in [-0.3, -0.25) is 5.10 Å². The van der Waals surface area contributed by atoms with Crippen LogP contribution in [0, 0.1) is 0 Å². The molecule has 0 fully saturated rings. The fourth-order valence-electron chi connectivity index (χ4n) is 0.885. The second kappa shape index (κ2) is 3.93. The number of nitrogens with one attached hydrogen (secondary N) is 1. The van der Waals surface area contributed by atoms with Gasteiger partial charge in [0, 0.05) is 11.8 Å². The monoisotopic (exact) mass is 152 g/mol. The molecule has 0 aliphatic heterocycles. The van der Waals surface area contributed by atoms with Crippen LogP contribution in [-0.4, -0.2) is 15.3 Å². The number of nitrogens with zero attached hydrogens (tertiary/aromatic N) is 1. The SMILES string of the molecule is C=CCCC(O)c1cn[nH]c1. The lowest BCUT2D eigenvalue weighted by Gasteiger charge is -2.04. The second-order valence-electron chi connectivity index (χ2n) is 2.41. The Morgan fingerprint density at radius 2 is 2.64 bits per heavy atom. The Morgan fingerprint density at radius 3 is 3.18 bits per heavy atom. The van der Waals surface area contributed by atoms with Gasteiger partial charge in [-0.1, -0.05) is 6.08 Å². The summed E-state index contributed by atoms with van der Waals surface area (Å²) in [5, 5.41) is 15.8. The summed E-state index contributed by atoms with van der Waals surface area (Å²) in [7, 11) is 0. The van der Waals surface area contributed by atoms with Gasteiger partial charge >= 0.3 is 0 Å². The van der Waals surface area contributed by atoms with E-state index in [0.717, 1.165) is 12.0 Å². The first kappa shape index (κ1) is 8.01. The molecule has 0 aromatic carbocycles. The van der Waals surface area contributed by atoms with E-state index in [0.29, 0.717) is 6.42 Å². The van der Waals surface area contributed by atoms with Gasteiger partial charge in [-0.25, -0.2) is 0 Å². The molecule has 0 aliphatic carbocycles. The van der Waals surface area contributed by atoms with Gasteiger partial charge in [0.05, 0.1) is 12.3 Å². The highest BCUT2D eigenvalue weighted by molar-refractivity contribution is 5.06. The van der Waals surface area contributed by atoms with Crippen LogP contribution < -0.4 is 0 Å². The van der Waals surface area contributed by atoms with Gasteiger partial charge in [0.2, 0.25) is 0 Å². The van der Waals surface area contributed by atoms with Crippen molar-refractivity contribution in [2.45, 2.75) is 18.9 Å². The van der Waals surface area contributed by atoms with Crippen LogP contribution in [0.2, 0.25) is 0 Å². The maximum Gasteiger partial charge on any atom is 0.0823 e. The molecule has 0 spiro atoms. The summed E-state index contributed by atoms with van der Waals surface area (Å²) < 4.78 is 0. The van der Waals surface area contributed by atoms with Crippen LogP contribution in [-0.2, 0) is 0 Å². The maximum atomic E-state index is 9.43. The van der Waals surface area contributed by atoms with E-state index >= 15 is 0 Å². The van der Waals surface area contributed by atoms with Gasteiger partial charge in [-0.15, -0.1) is 6.58 Å². The zero-order chi connectivity index (χ0) is 8.10. The largest absolute Gasteiger partial charge is 0.388 e. The number of aromatic amines is 1. The molecule has 0 aliphatic rings. The van der Waals surface area contributed by atoms with E-state index in [4.69, 9.17) is 0 Å². The Bertz CT molecular complexity index is 206. The number of hydrogen-bond acceptors (Lipinski definition) is 2. The lowest BCUT2D eigenvalue weighted by atomic mass is 10.1. The third-order valence-corrected chi connectivity index (χ3v) is 1.55. The standard InChI is InChI=1S/C8H12N2O/c1-2-3-4-8(11)7-5-9-10-6-7/h2,5-6,8,11H,1,3-4H2,(H,9,10). The van der Waals surface area contributed by atoms with E-state index in [1.165, 1.54) is 0 Å². The average Bonchev–Trinajstić information content (AvgIpc) is 2.52. The molecule has 3 heteroatoms. The minimum Gasteiger partial charge on any atom is -0.388 e. The second-order valence-corrected chi connectivity index (χ2v) is 2.41. The predicted molar refractivity (Wildman–Crippen MR) is 43.0 cm³/mol. The molecule has 1 heterocycles. The van der Waals surface area contributed by atoms with Crippen LogP contribution in [0.4, 0.5) is 0 Å². The third kappa shape index (κ3) is 2.20. The molecule has 0 amide bonds. The van der Waals surface area contributed by atoms with Gasteiger partial charge in [-0.2, -0.15) is 5.10 Å². The summed E-state index contributed by atoms with van der Waals surface area (Å²) >= 11 is 0. The van der Waals surface area contributed by atoms with Crippen molar-refractivity contribution in [2.24, 2.45) is 0 Å². The molecule has 60 valence electrons. The molecule has 0 bridgehead atoms. The van der Waals surface area contributed by atoms with E-state index in [2.05, 4.69) is 16.8 Å². The van der Waals surface area contributed by atoms with Crippen molar-refractivity contribution in [2.75, 3.05) is 0 Å². The molecular weight excluding hydrogens is 140 g/mol. The van der Waals surface area contributed by atoms with Crippen molar-refractivity contribution in [1.29, 1.82) is 0 Å². The van der Waals surface area contributed by atoms with Crippen LogP contribution in [0.15, 0.2) is 25.0 Å². The van der Waals surface area contributed by atoms with Crippen LogP contribution in [0.5, 0.6) is 0 Å². The van der Waals surface area contributed by atoms with Crippen LogP contribution >= 0.6 is 0 Å².